The molecule has 0 bridgehead atoms. The molecule has 1 aromatic heterocycles. The lowest BCUT2D eigenvalue weighted by molar-refractivity contribution is -0.116. The molecule has 1 amide bonds. The summed E-state index contributed by atoms with van der Waals surface area (Å²) in [6.45, 7) is 2.88. The molecule has 1 fully saturated rings. The summed E-state index contributed by atoms with van der Waals surface area (Å²) in [7, 11) is 0. The molecular weight excluding hydrogens is 374 g/mol. The number of carbonyl (C=O) groups excluding carboxylic acids is 1. The Morgan fingerprint density at radius 3 is 2.82 bits per heavy atom. The summed E-state index contributed by atoms with van der Waals surface area (Å²) in [4.78, 5) is 18.0. The minimum atomic E-state index is 0.0108. The van der Waals surface area contributed by atoms with Gasteiger partial charge in [-0.3, -0.25) is 4.79 Å². The Kier molecular flexibility index (Phi) is 5.84. The molecule has 4 rings (SSSR count). The largest absolute Gasteiger partial charge is 0.378 e. The smallest absolute Gasteiger partial charge is 0.224 e. The van der Waals surface area contributed by atoms with Gasteiger partial charge in [-0.05, 0) is 36.6 Å². The Morgan fingerprint density at radius 1 is 1.14 bits per heavy atom. The lowest BCUT2D eigenvalue weighted by Crippen LogP contribution is -2.37. The summed E-state index contributed by atoms with van der Waals surface area (Å²) in [5, 5.41) is 4.93. The third-order valence-electron chi connectivity index (χ3n) is 5.11. The number of amides is 1. The van der Waals surface area contributed by atoms with Crippen LogP contribution >= 0.6 is 11.6 Å². The fraction of sp³-hybridized carbons (Fsp3) is 0.318. The molecule has 0 aliphatic carbocycles. The number of H-pyrrole nitrogens is 1. The lowest BCUT2D eigenvalue weighted by atomic mass is 10.1. The van der Waals surface area contributed by atoms with E-state index in [1.165, 1.54) is 10.9 Å². The van der Waals surface area contributed by atoms with E-state index in [-0.39, 0.29) is 5.91 Å². The van der Waals surface area contributed by atoms with E-state index in [4.69, 9.17) is 16.3 Å². The first-order valence-corrected chi connectivity index (χ1v) is 10.1. The van der Waals surface area contributed by atoms with E-state index in [0.29, 0.717) is 24.7 Å². The number of fused-ring (bicyclic) bond motifs is 1. The number of rotatable bonds is 6. The van der Waals surface area contributed by atoms with Crippen LogP contribution in [-0.2, 0) is 16.0 Å². The Labute approximate surface area is 169 Å². The number of carbonyl (C=O) groups is 1. The van der Waals surface area contributed by atoms with Crippen molar-refractivity contribution in [3.05, 3.63) is 59.2 Å². The number of benzene rings is 2. The van der Waals surface area contributed by atoms with Crippen LogP contribution in [0.1, 0.15) is 18.4 Å². The summed E-state index contributed by atoms with van der Waals surface area (Å²) in [6, 6.07) is 13.9. The molecule has 3 aromatic rings. The Balaban J connectivity index is 1.38. The van der Waals surface area contributed by atoms with Crippen molar-refractivity contribution >= 4 is 39.8 Å². The van der Waals surface area contributed by atoms with Crippen molar-refractivity contribution in [3.63, 3.8) is 0 Å². The fourth-order valence-corrected chi connectivity index (χ4v) is 4.01. The first-order valence-electron chi connectivity index (χ1n) is 9.68. The number of hydrogen-bond donors (Lipinski definition) is 2. The maximum atomic E-state index is 12.5. The monoisotopic (exact) mass is 397 g/mol. The third-order valence-corrected chi connectivity index (χ3v) is 5.42. The van der Waals surface area contributed by atoms with E-state index < -0.39 is 0 Å². The van der Waals surface area contributed by atoms with Crippen molar-refractivity contribution < 1.29 is 9.53 Å². The van der Waals surface area contributed by atoms with Crippen LogP contribution in [0.25, 0.3) is 10.9 Å². The fourth-order valence-electron chi connectivity index (χ4n) is 3.72. The number of para-hydroxylation sites is 2. The number of aromatic nitrogens is 1. The first kappa shape index (κ1) is 18.8. The van der Waals surface area contributed by atoms with E-state index in [2.05, 4.69) is 27.3 Å². The van der Waals surface area contributed by atoms with Gasteiger partial charge in [-0.15, -0.1) is 0 Å². The van der Waals surface area contributed by atoms with Gasteiger partial charge >= 0.3 is 0 Å². The molecule has 1 aliphatic heterocycles. The molecule has 0 atom stereocenters. The molecule has 0 radical (unpaired) electrons. The zero-order valence-corrected chi connectivity index (χ0v) is 16.5. The maximum Gasteiger partial charge on any atom is 0.224 e. The van der Waals surface area contributed by atoms with Gasteiger partial charge in [0.05, 0.1) is 29.6 Å². The minimum Gasteiger partial charge on any atom is -0.378 e. The van der Waals surface area contributed by atoms with Crippen molar-refractivity contribution in [3.8, 4) is 0 Å². The van der Waals surface area contributed by atoms with Gasteiger partial charge in [-0.1, -0.05) is 35.9 Å². The highest BCUT2D eigenvalue weighted by atomic mass is 35.5. The molecule has 6 heteroatoms. The highest BCUT2D eigenvalue weighted by molar-refractivity contribution is 6.34. The summed E-state index contributed by atoms with van der Waals surface area (Å²) < 4.78 is 5.43. The van der Waals surface area contributed by atoms with Gasteiger partial charge < -0.3 is 19.9 Å². The number of ether oxygens (including phenoxy) is 1. The van der Waals surface area contributed by atoms with Gasteiger partial charge in [0.2, 0.25) is 5.91 Å². The van der Waals surface area contributed by atoms with Crippen LogP contribution in [-0.4, -0.2) is 37.2 Å². The van der Waals surface area contributed by atoms with Crippen molar-refractivity contribution in [2.75, 3.05) is 36.5 Å². The quantitative estimate of drug-likeness (QED) is 0.638. The van der Waals surface area contributed by atoms with Crippen LogP contribution in [0.3, 0.4) is 0 Å². The maximum absolute atomic E-state index is 12.5. The minimum absolute atomic E-state index is 0.0108. The Morgan fingerprint density at radius 2 is 1.96 bits per heavy atom. The van der Waals surface area contributed by atoms with Crippen LogP contribution in [0.5, 0.6) is 0 Å². The molecule has 28 heavy (non-hydrogen) atoms. The zero-order chi connectivity index (χ0) is 19.3. The van der Waals surface area contributed by atoms with Gasteiger partial charge in [-0.25, -0.2) is 0 Å². The predicted octanol–water partition coefficient (Wildman–Crippen LogP) is 4.62. The number of nitrogens with zero attached hydrogens (tertiary/aromatic N) is 1. The van der Waals surface area contributed by atoms with E-state index in [9.17, 15) is 4.79 Å². The molecule has 0 saturated carbocycles. The highest BCUT2D eigenvalue weighted by Crippen LogP contribution is 2.34. The summed E-state index contributed by atoms with van der Waals surface area (Å²) in [5.41, 5.74) is 4.04. The normalized spacial score (nSPS) is 14.4. The molecule has 1 aliphatic rings. The van der Waals surface area contributed by atoms with Gasteiger partial charge in [0, 0.05) is 36.6 Å². The van der Waals surface area contributed by atoms with Gasteiger partial charge in [0.1, 0.15) is 0 Å². The van der Waals surface area contributed by atoms with Crippen LogP contribution in [0, 0.1) is 0 Å². The molecule has 0 unspecified atom stereocenters. The molecule has 2 aromatic carbocycles. The van der Waals surface area contributed by atoms with Crippen LogP contribution in [0.2, 0.25) is 5.02 Å². The molecule has 2 N–H and O–H groups in total. The Hall–Kier alpha value is -2.50. The number of aryl methyl sites for hydroxylation is 1. The number of nitrogens with one attached hydrogen (secondary N) is 2. The van der Waals surface area contributed by atoms with E-state index in [1.807, 2.05) is 36.5 Å². The number of halogens is 1. The van der Waals surface area contributed by atoms with Gasteiger partial charge in [-0.2, -0.15) is 0 Å². The van der Waals surface area contributed by atoms with Crippen LogP contribution in [0.15, 0.2) is 48.7 Å². The van der Waals surface area contributed by atoms with E-state index in [1.54, 1.807) is 0 Å². The highest BCUT2D eigenvalue weighted by Gasteiger charge is 2.19. The lowest BCUT2D eigenvalue weighted by Gasteiger charge is -2.31. The van der Waals surface area contributed by atoms with Gasteiger partial charge in [0.25, 0.3) is 0 Å². The van der Waals surface area contributed by atoms with E-state index >= 15 is 0 Å². The second-order valence-electron chi connectivity index (χ2n) is 7.00. The zero-order valence-electron chi connectivity index (χ0n) is 15.7. The Bertz CT molecular complexity index is 963. The molecule has 146 valence electrons. The topological polar surface area (TPSA) is 57.4 Å². The average Bonchev–Trinajstić information content (AvgIpc) is 3.12. The van der Waals surface area contributed by atoms with Crippen LogP contribution < -0.4 is 10.2 Å². The standard InChI is InChI=1S/C22H24ClN3O2/c23-18-7-4-9-20(22(18)26-11-13-28-14-12-26)25-21(27)10-3-5-16-15-24-19-8-2-1-6-17(16)19/h1-2,4,6-9,15,24H,3,5,10-14H2,(H,25,27). The number of hydrogen-bond acceptors (Lipinski definition) is 3. The number of aromatic amines is 1. The van der Waals surface area contributed by atoms with Crippen molar-refractivity contribution in [2.24, 2.45) is 0 Å². The SMILES string of the molecule is O=C(CCCc1c[nH]c2ccccc12)Nc1cccc(Cl)c1N1CCOCC1. The van der Waals surface area contributed by atoms with Crippen LogP contribution in [0.4, 0.5) is 11.4 Å². The van der Waals surface area contributed by atoms with Crippen molar-refractivity contribution in [2.45, 2.75) is 19.3 Å². The third kappa shape index (κ3) is 4.16. The van der Waals surface area contributed by atoms with Gasteiger partial charge in [0.15, 0.2) is 0 Å². The number of anilines is 2. The summed E-state index contributed by atoms with van der Waals surface area (Å²) >= 11 is 6.44. The predicted molar refractivity (Wildman–Crippen MR) is 114 cm³/mol. The molecule has 2 heterocycles. The molecule has 5 nitrogen and oxygen atoms in total. The van der Waals surface area contributed by atoms with E-state index in [0.717, 1.165) is 42.8 Å². The second-order valence-corrected chi connectivity index (χ2v) is 7.40. The van der Waals surface area contributed by atoms with Crippen molar-refractivity contribution in [1.29, 1.82) is 0 Å². The number of morpholine rings is 1. The molecule has 0 spiro atoms. The summed E-state index contributed by atoms with van der Waals surface area (Å²) in [6.07, 6.45) is 4.16. The van der Waals surface area contributed by atoms with Crippen molar-refractivity contribution in [1.82, 2.24) is 4.98 Å². The second kappa shape index (κ2) is 8.67. The molecular formula is C22H24ClN3O2. The molecule has 1 saturated heterocycles. The summed E-state index contributed by atoms with van der Waals surface area (Å²) in [5.74, 6) is 0.0108. The first-order chi connectivity index (χ1) is 13.7. The average molecular weight is 398 g/mol.